The highest BCUT2D eigenvalue weighted by Gasteiger charge is 2.26. The highest BCUT2D eigenvalue weighted by Crippen LogP contribution is 2.27. The van der Waals surface area contributed by atoms with Gasteiger partial charge in [0.2, 0.25) is 5.95 Å². The lowest BCUT2D eigenvalue weighted by atomic mass is 9.97. The van der Waals surface area contributed by atoms with E-state index in [1.807, 2.05) is 36.4 Å². The van der Waals surface area contributed by atoms with Crippen LogP contribution in [0.3, 0.4) is 0 Å². The number of piperidine rings is 1. The van der Waals surface area contributed by atoms with Crippen LogP contribution in [0.25, 0.3) is 16.9 Å². The number of alkyl halides is 2. The molecule has 4 rings (SSSR count). The molecule has 0 aliphatic carbocycles. The van der Waals surface area contributed by atoms with E-state index in [-0.39, 0.29) is 18.4 Å². The minimum Gasteiger partial charge on any atom is -0.368 e. The van der Waals surface area contributed by atoms with E-state index in [2.05, 4.69) is 15.1 Å². The monoisotopic (exact) mass is 358 g/mol. The van der Waals surface area contributed by atoms with Crippen LogP contribution in [0.2, 0.25) is 0 Å². The Hall–Kier alpha value is -2.61. The van der Waals surface area contributed by atoms with Crippen molar-refractivity contribution in [1.29, 1.82) is 0 Å². The summed E-state index contributed by atoms with van der Waals surface area (Å²) in [5, 5.41) is 4.49. The average Bonchev–Trinajstić information content (AvgIpc) is 3.07. The van der Waals surface area contributed by atoms with E-state index in [9.17, 15) is 8.78 Å². The van der Waals surface area contributed by atoms with Crippen molar-refractivity contribution in [1.82, 2.24) is 24.5 Å². The first-order chi connectivity index (χ1) is 12.6. The van der Waals surface area contributed by atoms with Gasteiger partial charge in [-0.3, -0.25) is 4.90 Å². The van der Waals surface area contributed by atoms with Gasteiger partial charge in [-0.15, -0.1) is 5.10 Å². The molecule has 1 aliphatic heterocycles. The summed E-state index contributed by atoms with van der Waals surface area (Å²) in [7, 11) is 0. The molecule has 0 amide bonds. The minimum absolute atomic E-state index is 0.0296. The van der Waals surface area contributed by atoms with Gasteiger partial charge in [0.25, 0.3) is 6.43 Å². The quantitative estimate of drug-likeness (QED) is 0.776. The number of nitrogens with two attached hydrogens (primary N) is 1. The summed E-state index contributed by atoms with van der Waals surface area (Å²) in [5.74, 6) is 0.935. The number of aromatic nitrogens is 4. The maximum atomic E-state index is 12.7. The highest BCUT2D eigenvalue weighted by atomic mass is 19.3. The van der Waals surface area contributed by atoms with Gasteiger partial charge >= 0.3 is 0 Å². The first-order valence-electron chi connectivity index (χ1n) is 8.69. The number of rotatable bonds is 4. The topological polar surface area (TPSA) is 72.3 Å². The van der Waals surface area contributed by atoms with Crippen LogP contribution in [-0.4, -0.2) is 50.5 Å². The number of likely N-dealkylation sites (tertiary alicyclic amines) is 1. The van der Waals surface area contributed by atoms with Crippen molar-refractivity contribution in [3.63, 3.8) is 0 Å². The van der Waals surface area contributed by atoms with Crippen LogP contribution >= 0.6 is 0 Å². The molecular formula is C18H20F2N6. The molecule has 2 aromatic heterocycles. The third-order valence-electron chi connectivity index (χ3n) is 4.70. The Kier molecular flexibility index (Phi) is 4.50. The van der Waals surface area contributed by atoms with Crippen LogP contribution in [0, 0.1) is 0 Å². The Labute approximate surface area is 149 Å². The maximum absolute atomic E-state index is 12.7. The van der Waals surface area contributed by atoms with Gasteiger partial charge in [-0.1, -0.05) is 30.3 Å². The van der Waals surface area contributed by atoms with Crippen LogP contribution in [0.4, 0.5) is 14.7 Å². The highest BCUT2D eigenvalue weighted by molar-refractivity contribution is 5.65. The largest absolute Gasteiger partial charge is 0.368 e. The van der Waals surface area contributed by atoms with Crippen LogP contribution < -0.4 is 5.73 Å². The fourth-order valence-corrected chi connectivity index (χ4v) is 3.49. The van der Waals surface area contributed by atoms with E-state index >= 15 is 0 Å². The van der Waals surface area contributed by atoms with E-state index in [4.69, 9.17) is 5.73 Å². The molecule has 3 heterocycles. The molecule has 26 heavy (non-hydrogen) atoms. The van der Waals surface area contributed by atoms with Gasteiger partial charge in [-0.2, -0.15) is 4.52 Å². The molecule has 1 fully saturated rings. The molecule has 0 spiro atoms. The third kappa shape index (κ3) is 3.37. The zero-order chi connectivity index (χ0) is 18.1. The molecule has 1 atom stereocenters. The van der Waals surface area contributed by atoms with Gasteiger partial charge in [0.15, 0.2) is 11.5 Å². The van der Waals surface area contributed by atoms with Crippen molar-refractivity contribution in [2.45, 2.75) is 25.2 Å². The number of nitrogens with zero attached hydrogens (tertiary/aromatic N) is 5. The van der Waals surface area contributed by atoms with Gasteiger partial charge in [-0.25, -0.2) is 18.7 Å². The van der Waals surface area contributed by atoms with E-state index in [1.165, 1.54) is 4.52 Å². The predicted octanol–water partition coefficient (Wildman–Crippen LogP) is 2.82. The Morgan fingerprint density at radius 2 is 2.00 bits per heavy atom. The smallest absolute Gasteiger partial charge is 0.251 e. The van der Waals surface area contributed by atoms with Gasteiger partial charge in [0, 0.05) is 24.1 Å². The zero-order valence-corrected chi connectivity index (χ0v) is 14.2. The number of nitrogen functional groups attached to an aromatic ring is 1. The molecule has 0 bridgehead atoms. The second kappa shape index (κ2) is 6.95. The van der Waals surface area contributed by atoms with Crippen molar-refractivity contribution in [3.05, 3.63) is 42.2 Å². The van der Waals surface area contributed by atoms with Gasteiger partial charge in [-0.05, 0) is 19.4 Å². The van der Waals surface area contributed by atoms with E-state index in [0.717, 1.165) is 24.1 Å². The number of halogens is 2. The van der Waals surface area contributed by atoms with Gasteiger partial charge < -0.3 is 5.73 Å². The lowest BCUT2D eigenvalue weighted by Crippen LogP contribution is -2.37. The SMILES string of the molecule is Nc1nc(-c2ccccc2)cc2nc([C@@H]3CCCN(CC(F)F)C3)nn12. The van der Waals surface area contributed by atoms with E-state index < -0.39 is 6.43 Å². The van der Waals surface area contributed by atoms with Crippen LogP contribution in [-0.2, 0) is 0 Å². The molecule has 0 unspecified atom stereocenters. The number of benzene rings is 1. The molecule has 1 saturated heterocycles. The standard InChI is InChI=1S/C18H20F2N6/c19-15(20)11-25-8-4-7-13(10-25)17-23-16-9-14(12-5-2-1-3-6-12)22-18(21)26(16)24-17/h1-3,5-6,9,13,15H,4,7-8,10-11H2,(H2,21,22)/t13-/m1/s1. The van der Waals surface area contributed by atoms with E-state index in [0.29, 0.717) is 24.6 Å². The molecular weight excluding hydrogens is 338 g/mol. The van der Waals surface area contributed by atoms with Crippen molar-refractivity contribution < 1.29 is 8.78 Å². The number of anilines is 1. The van der Waals surface area contributed by atoms with Crippen molar-refractivity contribution >= 4 is 11.6 Å². The maximum Gasteiger partial charge on any atom is 0.251 e. The molecule has 136 valence electrons. The Morgan fingerprint density at radius 3 is 2.77 bits per heavy atom. The second-order valence-electron chi connectivity index (χ2n) is 6.60. The summed E-state index contributed by atoms with van der Waals surface area (Å²) in [6.45, 7) is 1.03. The summed E-state index contributed by atoms with van der Waals surface area (Å²) in [5.41, 5.74) is 8.38. The van der Waals surface area contributed by atoms with E-state index in [1.54, 1.807) is 4.90 Å². The third-order valence-corrected chi connectivity index (χ3v) is 4.70. The summed E-state index contributed by atoms with van der Waals surface area (Å²) in [4.78, 5) is 10.8. The molecule has 0 saturated carbocycles. The molecule has 6 nitrogen and oxygen atoms in total. The lowest BCUT2D eigenvalue weighted by molar-refractivity contribution is 0.0731. The van der Waals surface area contributed by atoms with Crippen molar-refractivity contribution in [3.8, 4) is 11.3 Å². The van der Waals surface area contributed by atoms with Crippen molar-refractivity contribution in [2.24, 2.45) is 0 Å². The van der Waals surface area contributed by atoms with Gasteiger partial charge in [0.05, 0.1) is 12.2 Å². The molecule has 8 heteroatoms. The fraction of sp³-hybridized carbons (Fsp3) is 0.389. The fourth-order valence-electron chi connectivity index (χ4n) is 3.49. The Balaban J connectivity index is 1.64. The van der Waals surface area contributed by atoms with Crippen LogP contribution in [0.1, 0.15) is 24.6 Å². The predicted molar refractivity (Wildman–Crippen MR) is 95.0 cm³/mol. The summed E-state index contributed by atoms with van der Waals surface area (Å²) in [6.07, 6.45) is -0.582. The summed E-state index contributed by atoms with van der Waals surface area (Å²) < 4.78 is 26.9. The van der Waals surface area contributed by atoms with Crippen LogP contribution in [0.5, 0.6) is 0 Å². The van der Waals surface area contributed by atoms with Crippen LogP contribution in [0.15, 0.2) is 36.4 Å². The molecule has 1 aliphatic rings. The number of hydrogen-bond donors (Lipinski definition) is 1. The molecule has 3 aromatic rings. The minimum atomic E-state index is -2.32. The summed E-state index contributed by atoms with van der Waals surface area (Å²) >= 11 is 0. The van der Waals surface area contributed by atoms with Crippen molar-refractivity contribution in [2.75, 3.05) is 25.4 Å². The number of fused-ring (bicyclic) bond motifs is 1. The molecule has 0 radical (unpaired) electrons. The Bertz CT molecular complexity index is 895. The zero-order valence-electron chi connectivity index (χ0n) is 14.2. The van der Waals surface area contributed by atoms with Gasteiger partial charge in [0.1, 0.15) is 0 Å². The Morgan fingerprint density at radius 1 is 1.19 bits per heavy atom. The normalized spacial score (nSPS) is 18.7. The summed E-state index contributed by atoms with van der Waals surface area (Å²) in [6, 6.07) is 11.6. The molecule has 1 aromatic carbocycles. The first kappa shape index (κ1) is 16.8. The number of hydrogen-bond acceptors (Lipinski definition) is 5. The molecule has 2 N–H and O–H groups in total. The lowest BCUT2D eigenvalue weighted by Gasteiger charge is -2.30. The second-order valence-corrected chi connectivity index (χ2v) is 6.60. The first-order valence-corrected chi connectivity index (χ1v) is 8.69. The average molecular weight is 358 g/mol.